The Kier molecular flexibility index (Phi) is 6.44. The molecule has 0 saturated heterocycles. The molecule has 0 radical (unpaired) electrons. The van der Waals surface area contributed by atoms with Gasteiger partial charge in [0.2, 0.25) is 0 Å². The van der Waals surface area contributed by atoms with Gasteiger partial charge in [0.1, 0.15) is 0 Å². The van der Waals surface area contributed by atoms with Gasteiger partial charge in [-0.05, 0) is 48.2 Å². The molecule has 1 aromatic carbocycles. The Balaban J connectivity index is 1.55. The Morgan fingerprint density at radius 2 is 2.00 bits per heavy atom. The summed E-state index contributed by atoms with van der Waals surface area (Å²) in [6, 6.07) is 6.79. The van der Waals surface area contributed by atoms with Crippen LogP contribution in [0.3, 0.4) is 0 Å². The monoisotopic (exact) mass is 388 g/mol. The fourth-order valence-corrected chi connectivity index (χ4v) is 3.82. The highest BCUT2D eigenvalue weighted by Crippen LogP contribution is 2.23. The summed E-state index contributed by atoms with van der Waals surface area (Å²) in [6.07, 6.45) is 8.77. The number of nitro benzene ring substituents is 1. The van der Waals surface area contributed by atoms with E-state index in [9.17, 15) is 10.1 Å². The average molecular weight is 388 g/mol. The molecule has 0 amide bonds. The summed E-state index contributed by atoms with van der Waals surface area (Å²) in [4.78, 5) is 13.6. The second-order valence-electron chi connectivity index (χ2n) is 6.93. The summed E-state index contributed by atoms with van der Waals surface area (Å²) in [5.41, 5.74) is 0.756. The number of non-ortho nitro benzene ring substituents is 1. The molecule has 1 fully saturated rings. The normalized spacial score (nSPS) is 14.9. The molecule has 1 aliphatic rings. The van der Waals surface area contributed by atoms with Crippen molar-refractivity contribution in [2.24, 2.45) is 0 Å². The number of aryl methyl sites for hydroxylation is 1. The fourth-order valence-electron chi connectivity index (χ4n) is 3.52. The Morgan fingerprint density at radius 3 is 2.67 bits per heavy atom. The molecule has 2 aromatic rings. The third-order valence-corrected chi connectivity index (χ3v) is 5.64. The minimum absolute atomic E-state index is 0.0458. The summed E-state index contributed by atoms with van der Waals surface area (Å²) < 4.78 is 1.62. The highest BCUT2D eigenvalue weighted by Gasteiger charge is 2.20. The van der Waals surface area contributed by atoms with E-state index < -0.39 is 4.92 Å². The van der Waals surface area contributed by atoms with Crippen molar-refractivity contribution < 1.29 is 4.92 Å². The van der Waals surface area contributed by atoms with Crippen LogP contribution in [0.25, 0.3) is 5.69 Å². The fraction of sp³-hybridized carbons (Fsp3) is 0.556. The number of nitro groups is 1. The van der Waals surface area contributed by atoms with Gasteiger partial charge in [0.15, 0.2) is 5.82 Å². The lowest BCUT2D eigenvalue weighted by Gasteiger charge is -2.33. The molecule has 27 heavy (non-hydrogen) atoms. The van der Waals surface area contributed by atoms with E-state index in [2.05, 4.69) is 27.5 Å². The minimum Gasteiger partial charge on any atom is -0.366 e. The molecule has 1 aromatic heterocycles. The van der Waals surface area contributed by atoms with Crippen LogP contribution >= 0.6 is 12.2 Å². The standard InChI is InChI=1S/C18H24N6O2S/c1-22(14-6-3-2-4-7-14)18(27)9-5-8-17-19-20-21-23(17)15-10-12-16(13-11-15)24(25)26/h10-14H,2-9H2,1H3. The highest BCUT2D eigenvalue weighted by molar-refractivity contribution is 7.80. The molecule has 0 bridgehead atoms. The van der Waals surface area contributed by atoms with Gasteiger partial charge < -0.3 is 4.90 Å². The van der Waals surface area contributed by atoms with Crippen LogP contribution in [0.1, 0.15) is 50.8 Å². The first-order chi connectivity index (χ1) is 13.1. The molecule has 144 valence electrons. The average Bonchev–Trinajstić information content (AvgIpc) is 3.16. The van der Waals surface area contributed by atoms with Crippen molar-refractivity contribution in [1.82, 2.24) is 25.1 Å². The predicted molar refractivity (Wildman–Crippen MR) is 106 cm³/mol. The number of thiocarbonyl (C=S) groups is 1. The molecular formula is C18H24N6O2S. The summed E-state index contributed by atoms with van der Waals surface area (Å²) in [5, 5.41) is 22.6. The lowest BCUT2D eigenvalue weighted by Crippen LogP contribution is -2.37. The Hall–Kier alpha value is -2.42. The van der Waals surface area contributed by atoms with Crippen molar-refractivity contribution in [3.05, 3.63) is 40.2 Å². The van der Waals surface area contributed by atoms with Crippen LogP contribution in [0, 0.1) is 10.1 Å². The second kappa shape index (κ2) is 8.98. The molecule has 0 aliphatic heterocycles. The van der Waals surface area contributed by atoms with Crippen LogP contribution in [0.5, 0.6) is 0 Å². The van der Waals surface area contributed by atoms with E-state index in [1.54, 1.807) is 16.8 Å². The van der Waals surface area contributed by atoms with E-state index >= 15 is 0 Å². The summed E-state index contributed by atoms with van der Waals surface area (Å²) in [5.74, 6) is 0.729. The molecule has 1 heterocycles. The molecule has 0 spiro atoms. The van der Waals surface area contributed by atoms with E-state index in [0.717, 1.165) is 23.7 Å². The van der Waals surface area contributed by atoms with Gasteiger partial charge in [-0.15, -0.1) is 5.10 Å². The van der Waals surface area contributed by atoms with Gasteiger partial charge in [-0.1, -0.05) is 31.5 Å². The molecule has 8 nitrogen and oxygen atoms in total. The number of rotatable bonds is 7. The van der Waals surface area contributed by atoms with Crippen molar-refractivity contribution in [1.29, 1.82) is 0 Å². The zero-order valence-corrected chi connectivity index (χ0v) is 16.3. The molecule has 0 atom stereocenters. The van der Waals surface area contributed by atoms with E-state index in [-0.39, 0.29) is 5.69 Å². The molecule has 9 heteroatoms. The van der Waals surface area contributed by atoms with Gasteiger partial charge in [0.05, 0.1) is 15.6 Å². The lowest BCUT2D eigenvalue weighted by atomic mass is 9.94. The number of tetrazole rings is 1. The smallest absolute Gasteiger partial charge is 0.269 e. The number of benzene rings is 1. The number of hydrogen-bond acceptors (Lipinski definition) is 6. The van der Waals surface area contributed by atoms with Crippen LogP contribution in [0.15, 0.2) is 24.3 Å². The van der Waals surface area contributed by atoms with Gasteiger partial charge in [-0.2, -0.15) is 4.68 Å². The molecule has 3 rings (SSSR count). The SMILES string of the molecule is CN(C(=S)CCCc1nnnn1-c1ccc([N+](=O)[O-])cc1)C1CCCCC1. The van der Waals surface area contributed by atoms with Crippen molar-refractivity contribution >= 4 is 22.9 Å². The number of hydrogen-bond donors (Lipinski definition) is 0. The Morgan fingerprint density at radius 1 is 1.30 bits per heavy atom. The van der Waals surface area contributed by atoms with Gasteiger partial charge in [0, 0.05) is 31.6 Å². The van der Waals surface area contributed by atoms with Crippen molar-refractivity contribution in [3.63, 3.8) is 0 Å². The van der Waals surface area contributed by atoms with Gasteiger partial charge >= 0.3 is 0 Å². The van der Waals surface area contributed by atoms with Crippen molar-refractivity contribution in [2.45, 2.75) is 57.4 Å². The van der Waals surface area contributed by atoms with E-state index in [4.69, 9.17) is 12.2 Å². The summed E-state index contributed by atoms with van der Waals surface area (Å²) in [6.45, 7) is 0. The first kappa shape index (κ1) is 19.3. The maximum Gasteiger partial charge on any atom is 0.269 e. The molecule has 1 aliphatic carbocycles. The van der Waals surface area contributed by atoms with E-state index in [0.29, 0.717) is 18.2 Å². The largest absolute Gasteiger partial charge is 0.366 e. The summed E-state index contributed by atoms with van der Waals surface area (Å²) in [7, 11) is 2.11. The zero-order valence-electron chi connectivity index (χ0n) is 15.5. The Bertz CT molecular complexity index is 785. The van der Waals surface area contributed by atoms with Crippen LogP contribution in [-0.2, 0) is 6.42 Å². The lowest BCUT2D eigenvalue weighted by molar-refractivity contribution is -0.384. The Labute approximate surface area is 163 Å². The molecule has 0 unspecified atom stereocenters. The first-order valence-corrected chi connectivity index (χ1v) is 9.75. The highest BCUT2D eigenvalue weighted by atomic mass is 32.1. The van der Waals surface area contributed by atoms with Gasteiger partial charge in [0.25, 0.3) is 5.69 Å². The predicted octanol–water partition coefficient (Wildman–Crippen LogP) is 3.49. The maximum atomic E-state index is 10.8. The van der Waals surface area contributed by atoms with Crippen LogP contribution in [0.4, 0.5) is 5.69 Å². The summed E-state index contributed by atoms with van der Waals surface area (Å²) >= 11 is 5.62. The van der Waals surface area contributed by atoms with Crippen molar-refractivity contribution in [3.8, 4) is 5.69 Å². The third kappa shape index (κ3) is 4.85. The topological polar surface area (TPSA) is 90.0 Å². The number of nitrogens with zero attached hydrogens (tertiary/aromatic N) is 6. The van der Waals surface area contributed by atoms with Crippen LogP contribution in [-0.4, -0.2) is 48.1 Å². The van der Waals surface area contributed by atoms with Crippen LogP contribution in [0.2, 0.25) is 0 Å². The van der Waals surface area contributed by atoms with E-state index in [1.807, 2.05) is 0 Å². The third-order valence-electron chi connectivity index (χ3n) is 5.15. The zero-order chi connectivity index (χ0) is 19.2. The minimum atomic E-state index is -0.423. The quantitative estimate of drug-likeness (QED) is 0.407. The molecule has 1 saturated carbocycles. The molecule has 0 N–H and O–H groups in total. The van der Waals surface area contributed by atoms with Gasteiger partial charge in [-0.3, -0.25) is 10.1 Å². The van der Waals surface area contributed by atoms with Crippen LogP contribution < -0.4 is 0 Å². The van der Waals surface area contributed by atoms with E-state index in [1.165, 1.54) is 44.2 Å². The maximum absolute atomic E-state index is 10.8. The first-order valence-electron chi connectivity index (χ1n) is 9.34. The number of aromatic nitrogens is 4. The van der Waals surface area contributed by atoms with Crippen molar-refractivity contribution in [2.75, 3.05) is 7.05 Å². The second-order valence-corrected chi connectivity index (χ2v) is 7.40. The van der Waals surface area contributed by atoms with Gasteiger partial charge in [-0.25, -0.2) is 0 Å². The molecular weight excluding hydrogens is 364 g/mol.